The lowest BCUT2D eigenvalue weighted by Gasteiger charge is -2.06. The van der Waals surface area contributed by atoms with Crippen molar-refractivity contribution in [2.75, 3.05) is 11.9 Å². The van der Waals surface area contributed by atoms with E-state index in [2.05, 4.69) is 5.32 Å². The number of nitrogens with one attached hydrogen (secondary N) is 1. The van der Waals surface area contributed by atoms with E-state index in [1.807, 2.05) is 18.2 Å². The summed E-state index contributed by atoms with van der Waals surface area (Å²) in [4.78, 5) is 0. The Labute approximate surface area is 98.1 Å². The highest BCUT2D eigenvalue weighted by atomic mass is 19.1. The first-order valence-electron chi connectivity index (χ1n) is 5.56. The van der Waals surface area contributed by atoms with Gasteiger partial charge in [0.25, 0.3) is 0 Å². The first kappa shape index (κ1) is 10.3. The van der Waals surface area contributed by atoms with Gasteiger partial charge in [0.1, 0.15) is 11.6 Å². The molecule has 3 rings (SSSR count). The zero-order chi connectivity index (χ0) is 11.8. The standard InChI is InChI=1S/C14H11F2N/c15-11-2-3-13(16)12(8-11)9-1-4-14-10(7-9)5-6-17-14/h1-4,7-8,17H,5-6H2. The molecule has 0 bridgehead atoms. The molecular weight excluding hydrogens is 220 g/mol. The second-order valence-corrected chi connectivity index (χ2v) is 4.17. The lowest BCUT2D eigenvalue weighted by Crippen LogP contribution is -1.90. The number of rotatable bonds is 1. The third-order valence-corrected chi connectivity index (χ3v) is 3.05. The maximum atomic E-state index is 13.6. The fourth-order valence-electron chi connectivity index (χ4n) is 2.19. The van der Waals surface area contributed by atoms with Crippen molar-refractivity contribution in [2.45, 2.75) is 6.42 Å². The summed E-state index contributed by atoms with van der Waals surface area (Å²) in [6.07, 6.45) is 0.931. The normalized spacial score (nSPS) is 13.3. The van der Waals surface area contributed by atoms with Gasteiger partial charge in [-0.15, -0.1) is 0 Å². The Bertz CT molecular complexity index is 578. The molecule has 0 saturated carbocycles. The summed E-state index contributed by atoms with van der Waals surface area (Å²) in [7, 11) is 0. The average molecular weight is 231 g/mol. The minimum atomic E-state index is -0.417. The predicted octanol–water partition coefficient (Wildman–Crippen LogP) is 3.60. The molecule has 0 unspecified atom stereocenters. The fraction of sp³-hybridized carbons (Fsp3) is 0.143. The van der Waals surface area contributed by atoms with E-state index in [1.165, 1.54) is 6.07 Å². The van der Waals surface area contributed by atoms with Gasteiger partial charge in [0.15, 0.2) is 0 Å². The zero-order valence-corrected chi connectivity index (χ0v) is 9.13. The largest absolute Gasteiger partial charge is 0.384 e. The number of hydrogen-bond acceptors (Lipinski definition) is 1. The molecule has 2 aromatic carbocycles. The van der Waals surface area contributed by atoms with Gasteiger partial charge in [-0.1, -0.05) is 6.07 Å². The van der Waals surface area contributed by atoms with Crippen LogP contribution < -0.4 is 5.32 Å². The number of fused-ring (bicyclic) bond motifs is 1. The molecule has 2 aromatic rings. The first-order chi connectivity index (χ1) is 8.24. The molecule has 0 aromatic heterocycles. The third-order valence-electron chi connectivity index (χ3n) is 3.05. The van der Waals surface area contributed by atoms with E-state index in [4.69, 9.17) is 0 Å². The quantitative estimate of drug-likeness (QED) is 0.790. The molecule has 17 heavy (non-hydrogen) atoms. The minimum Gasteiger partial charge on any atom is -0.384 e. The summed E-state index contributed by atoms with van der Waals surface area (Å²) < 4.78 is 26.8. The summed E-state index contributed by atoms with van der Waals surface area (Å²) in [6, 6.07) is 9.19. The topological polar surface area (TPSA) is 12.0 Å². The summed E-state index contributed by atoms with van der Waals surface area (Å²) in [5, 5.41) is 3.24. The Morgan fingerprint density at radius 2 is 1.88 bits per heavy atom. The van der Waals surface area contributed by atoms with Crippen molar-refractivity contribution in [3.05, 3.63) is 53.6 Å². The molecule has 1 heterocycles. The molecule has 1 nitrogen and oxygen atoms in total. The van der Waals surface area contributed by atoms with Crippen LogP contribution in [0, 0.1) is 11.6 Å². The Kier molecular flexibility index (Phi) is 2.32. The van der Waals surface area contributed by atoms with Gasteiger partial charge in [0.05, 0.1) is 0 Å². The third kappa shape index (κ3) is 1.78. The molecule has 0 spiro atoms. The van der Waals surface area contributed by atoms with Gasteiger partial charge in [0.2, 0.25) is 0 Å². The van der Waals surface area contributed by atoms with Gasteiger partial charge in [-0.25, -0.2) is 8.78 Å². The van der Waals surface area contributed by atoms with E-state index >= 15 is 0 Å². The van der Waals surface area contributed by atoms with E-state index in [9.17, 15) is 8.78 Å². The smallest absolute Gasteiger partial charge is 0.131 e. The molecule has 86 valence electrons. The number of anilines is 1. The van der Waals surface area contributed by atoms with Crippen LogP contribution in [0.3, 0.4) is 0 Å². The summed E-state index contributed by atoms with van der Waals surface area (Å²) in [5.74, 6) is -0.808. The summed E-state index contributed by atoms with van der Waals surface area (Å²) >= 11 is 0. The van der Waals surface area contributed by atoms with Crippen molar-refractivity contribution >= 4 is 5.69 Å². The number of hydrogen-bond donors (Lipinski definition) is 1. The van der Waals surface area contributed by atoms with Gasteiger partial charge in [-0.05, 0) is 47.9 Å². The second kappa shape index (κ2) is 3.84. The molecule has 0 radical (unpaired) electrons. The number of halogens is 2. The van der Waals surface area contributed by atoms with Crippen LogP contribution >= 0.6 is 0 Å². The maximum absolute atomic E-state index is 13.6. The second-order valence-electron chi connectivity index (χ2n) is 4.17. The summed E-state index contributed by atoms with van der Waals surface area (Å²) in [6.45, 7) is 0.907. The Hall–Kier alpha value is -1.90. The van der Waals surface area contributed by atoms with Gasteiger partial charge in [-0.2, -0.15) is 0 Å². The highest BCUT2D eigenvalue weighted by Gasteiger charge is 2.12. The van der Waals surface area contributed by atoms with Gasteiger partial charge in [-0.3, -0.25) is 0 Å². The molecule has 0 atom stereocenters. The Morgan fingerprint density at radius 3 is 2.76 bits per heavy atom. The van der Waals surface area contributed by atoms with Gasteiger partial charge in [0, 0.05) is 17.8 Å². The molecule has 0 saturated heterocycles. The van der Waals surface area contributed by atoms with Crippen LogP contribution in [0.5, 0.6) is 0 Å². The van der Waals surface area contributed by atoms with Crippen molar-refractivity contribution < 1.29 is 8.78 Å². The molecule has 0 fully saturated rings. The van der Waals surface area contributed by atoms with Crippen molar-refractivity contribution in [2.24, 2.45) is 0 Å². The van der Waals surface area contributed by atoms with Crippen LogP contribution in [0.2, 0.25) is 0 Å². The number of benzene rings is 2. The summed E-state index contributed by atoms with van der Waals surface area (Å²) in [5.41, 5.74) is 3.29. The molecule has 1 aliphatic rings. The van der Waals surface area contributed by atoms with E-state index in [0.717, 1.165) is 41.9 Å². The van der Waals surface area contributed by atoms with Gasteiger partial charge >= 0.3 is 0 Å². The average Bonchev–Trinajstić information content (AvgIpc) is 2.79. The molecule has 1 N–H and O–H groups in total. The van der Waals surface area contributed by atoms with Crippen molar-refractivity contribution in [1.82, 2.24) is 0 Å². The van der Waals surface area contributed by atoms with Crippen LogP contribution in [0.1, 0.15) is 5.56 Å². The Balaban J connectivity index is 2.12. The van der Waals surface area contributed by atoms with Crippen LogP contribution in [0.4, 0.5) is 14.5 Å². The van der Waals surface area contributed by atoms with Crippen molar-refractivity contribution in [3.8, 4) is 11.1 Å². The van der Waals surface area contributed by atoms with E-state index in [-0.39, 0.29) is 0 Å². The van der Waals surface area contributed by atoms with Crippen LogP contribution in [0.25, 0.3) is 11.1 Å². The van der Waals surface area contributed by atoms with Crippen molar-refractivity contribution in [1.29, 1.82) is 0 Å². The molecule has 0 aliphatic carbocycles. The predicted molar refractivity (Wildman–Crippen MR) is 64.0 cm³/mol. The van der Waals surface area contributed by atoms with Crippen LogP contribution in [-0.2, 0) is 6.42 Å². The van der Waals surface area contributed by atoms with Crippen molar-refractivity contribution in [3.63, 3.8) is 0 Å². The highest BCUT2D eigenvalue weighted by Crippen LogP contribution is 2.30. The maximum Gasteiger partial charge on any atom is 0.131 e. The molecule has 3 heteroatoms. The van der Waals surface area contributed by atoms with Crippen LogP contribution in [0.15, 0.2) is 36.4 Å². The fourth-order valence-corrected chi connectivity index (χ4v) is 2.19. The van der Waals surface area contributed by atoms with E-state index in [0.29, 0.717) is 5.56 Å². The molecule has 1 aliphatic heterocycles. The lowest BCUT2D eigenvalue weighted by molar-refractivity contribution is 0.603. The first-order valence-corrected chi connectivity index (χ1v) is 5.56. The molecule has 0 amide bonds. The van der Waals surface area contributed by atoms with Crippen LogP contribution in [-0.4, -0.2) is 6.54 Å². The van der Waals surface area contributed by atoms with Gasteiger partial charge < -0.3 is 5.32 Å². The minimum absolute atomic E-state index is 0.319. The SMILES string of the molecule is Fc1ccc(F)c(-c2ccc3c(c2)CCN3)c1. The van der Waals surface area contributed by atoms with E-state index in [1.54, 1.807) is 0 Å². The highest BCUT2D eigenvalue weighted by molar-refractivity contribution is 5.70. The Morgan fingerprint density at radius 1 is 1.00 bits per heavy atom. The monoisotopic (exact) mass is 231 g/mol. The molecular formula is C14H11F2N. The zero-order valence-electron chi connectivity index (χ0n) is 9.13. The van der Waals surface area contributed by atoms with E-state index < -0.39 is 11.6 Å². The lowest BCUT2D eigenvalue weighted by atomic mass is 10.0.